The molecule has 1 rings (SSSR count). The number of hydrogen-bond donors (Lipinski definition) is 0. The summed E-state index contributed by atoms with van der Waals surface area (Å²) in [4.78, 5) is 23.0. The van der Waals surface area contributed by atoms with E-state index in [2.05, 4.69) is 22.6 Å². The van der Waals surface area contributed by atoms with Crippen LogP contribution in [0, 0.1) is 3.57 Å². The Morgan fingerprint density at radius 1 is 1.05 bits per heavy atom. The number of halogens is 1. The number of hydrogen-bond acceptors (Lipinski definition) is 4. The summed E-state index contributed by atoms with van der Waals surface area (Å²) >= 11 is 2.17. The second kappa shape index (κ2) is 9.74. The Balaban J connectivity index is 2.16. The van der Waals surface area contributed by atoms with Crippen LogP contribution in [0.15, 0.2) is 24.3 Å². The molecule has 1 aromatic carbocycles. The lowest BCUT2D eigenvalue weighted by Gasteiger charge is -2.05. The highest BCUT2D eigenvalue weighted by atomic mass is 127. The predicted octanol–water partition coefficient (Wildman–Crippen LogP) is 3.57. The van der Waals surface area contributed by atoms with Crippen molar-refractivity contribution in [1.29, 1.82) is 0 Å². The second-order valence-electron chi connectivity index (χ2n) is 4.32. The zero-order valence-electron chi connectivity index (χ0n) is 11.6. The largest absolute Gasteiger partial charge is 0.466 e. The van der Waals surface area contributed by atoms with Gasteiger partial charge >= 0.3 is 11.9 Å². The van der Waals surface area contributed by atoms with E-state index in [4.69, 9.17) is 9.47 Å². The Labute approximate surface area is 133 Å². The van der Waals surface area contributed by atoms with Crippen LogP contribution in [0.25, 0.3) is 0 Å². The van der Waals surface area contributed by atoms with E-state index in [1.165, 1.54) is 0 Å². The second-order valence-corrected chi connectivity index (χ2v) is 5.57. The van der Waals surface area contributed by atoms with Crippen LogP contribution in [0.2, 0.25) is 0 Å². The molecule has 0 amide bonds. The lowest BCUT2D eigenvalue weighted by atomic mass is 10.2. The number of rotatable bonds is 8. The van der Waals surface area contributed by atoms with Gasteiger partial charge in [0.15, 0.2) is 0 Å². The van der Waals surface area contributed by atoms with Crippen molar-refractivity contribution in [2.75, 3.05) is 13.2 Å². The molecular formula is C15H19IO4. The molecule has 0 aliphatic heterocycles. The summed E-state index contributed by atoms with van der Waals surface area (Å²) in [5.74, 6) is -0.593. The first-order valence-corrected chi connectivity index (χ1v) is 7.79. The molecule has 0 heterocycles. The van der Waals surface area contributed by atoms with E-state index < -0.39 is 0 Å². The Bertz CT molecular complexity index is 428. The van der Waals surface area contributed by atoms with Crippen LogP contribution in [0.4, 0.5) is 0 Å². The molecule has 0 aliphatic rings. The number of unbranched alkanes of at least 4 members (excludes halogenated alkanes) is 1. The summed E-state index contributed by atoms with van der Waals surface area (Å²) in [5.41, 5.74) is 0.524. The first kappa shape index (κ1) is 16.9. The minimum Gasteiger partial charge on any atom is -0.466 e. The summed E-state index contributed by atoms with van der Waals surface area (Å²) in [6.07, 6.45) is 2.65. The molecule has 4 nitrogen and oxygen atoms in total. The van der Waals surface area contributed by atoms with Gasteiger partial charge in [-0.05, 0) is 59.7 Å². The Morgan fingerprint density at radius 3 is 2.35 bits per heavy atom. The molecule has 0 spiro atoms. The fourth-order valence-electron chi connectivity index (χ4n) is 1.45. The van der Waals surface area contributed by atoms with Gasteiger partial charge in [-0.1, -0.05) is 13.3 Å². The molecule has 110 valence electrons. The minimum absolute atomic E-state index is 0.230. The summed E-state index contributed by atoms with van der Waals surface area (Å²) < 4.78 is 11.2. The third-order valence-electron chi connectivity index (χ3n) is 2.60. The number of carbonyl (C=O) groups excluding carboxylic acids is 2. The van der Waals surface area contributed by atoms with Crippen molar-refractivity contribution in [3.05, 3.63) is 33.4 Å². The average molecular weight is 390 g/mol. The Morgan fingerprint density at radius 2 is 1.70 bits per heavy atom. The molecular weight excluding hydrogens is 371 g/mol. The smallest absolute Gasteiger partial charge is 0.338 e. The van der Waals surface area contributed by atoms with Crippen molar-refractivity contribution in [2.45, 2.75) is 32.6 Å². The number of benzene rings is 1. The van der Waals surface area contributed by atoms with Crippen LogP contribution in [0.1, 0.15) is 43.0 Å². The van der Waals surface area contributed by atoms with Crippen molar-refractivity contribution in [1.82, 2.24) is 0 Å². The summed E-state index contributed by atoms with van der Waals surface area (Å²) in [6, 6.07) is 7.15. The van der Waals surface area contributed by atoms with Gasteiger partial charge in [0.25, 0.3) is 0 Å². The van der Waals surface area contributed by atoms with Crippen LogP contribution in [-0.2, 0) is 14.3 Å². The maximum atomic E-state index is 11.7. The lowest BCUT2D eigenvalue weighted by molar-refractivity contribution is -0.144. The topological polar surface area (TPSA) is 52.6 Å². The van der Waals surface area contributed by atoms with E-state index in [0.717, 1.165) is 16.4 Å². The number of carbonyl (C=O) groups is 2. The Hall–Kier alpha value is -1.11. The highest BCUT2D eigenvalue weighted by Crippen LogP contribution is 2.08. The summed E-state index contributed by atoms with van der Waals surface area (Å²) in [5, 5.41) is 0. The van der Waals surface area contributed by atoms with E-state index in [-0.39, 0.29) is 25.0 Å². The van der Waals surface area contributed by atoms with Gasteiger partial charge in [-0.15, -0.1) is 0 Å². The van der Waals surface area contributed by atoms with Gasteiger partial charge in [0.05, 0.1) is 18.8 Å². The van der Waals surface area contributed by atoms with Gasteiger partial charge in [-0.3, -0.25) is 4.79 Å². The van der Waals surface area contributed by atoms with Crippen molar-refractivity contribution in [3.63, 3.8) is 0 Å². The predicted molar refractivity (Wildman–Crippen MR) is 84.5 cm³/mol. The molecule has 0 radical (unpaired) electrons. The van der Waals surface area contributed by atoms with Crippen molar-refractivity contribution >= 4 is 34.5 Å². The lowest BCUT2D eigenvalue weighted by Crippen LogP contribution is -2.10. The van der Waals surface area contributed by atoms with Crippen LogP contribution in [0.3, 0.4) is 0 Å². The van der Waals surface area contributed by atoms with Gasteiger partial charge in [0, 0.05) is 9.99 Å². The third-order valence-corrected chi connectivity index (χ3v) is 3.32. The van der Waals surface area contributed by atoms with Crippen LogP contribution in [-0.4, -0.2) is 25.2 Å². The van der Waals surface area contributed by atoms with Crippen LogP contribution >= 0.6 is 22.6 Å². The monoisotopic (exact) mass is 390 g/mol. The number of esters is 2. The average Bonchev–Trinajstić information content (AvgIpc) is 2.44. The maximum absolute atomic E-state index is 11.7. The van der Waals surface area contributed by atoms with E-state index in [1.54, 1.807) is 12.1 Å². The molecule has 0 unspecified atom stereocenters. The van der Waals surface area contributed by atoms with Crippen molar-refractivity contribution in [2.24, 2.45) is 0 Å². The van der Waals surface area contributed by atoms with Gasteiger partial charge in [0.2, 0.25) is 0 Å². The normalized spacial score (nSPS) is 10.1. The fraction of sp³-hybridized carbons (Fsp3) is 0.467. The highest BCUT2D eigenvalue weighted by Gasteiger charge is 2.07. The van der Waals surface area contributed by atoms with Crippen molar-refractivity contribution < 1.29 is 19.1 Å². The molecule has 1 aromatic rings. The molecule has 0 saturated carbocycles. The van der Waals surface area contributed by atoms with Crippen LogP contribution in [0.5, 0.6) is 0 Å². The van der Waals surface area contributed by atoms with Crippen LogP contribution < -0.4 is 0 Å². The molecule has 0 atom stereocenters. The molecule has 0 bridgehead atoms. The molecule has 20 heavy (non-hydrogen) atoms. The zero-order valence-corrected chi connectivity index (χ0v) is 13.7. The summed E-state index contributed by atoms with van der Waals surface area (Å²) in [6.45, 7) is 2.74. The zero-order chi connectivity index (χ0) is 14.8. The number of ether oxygens (including phenoxy) is 2. The molecule has 0 aromatic heterocycles. The first-order valence-electron chi connectivity index (χ1n) is 6.71. The molecule has 0 N–H and O–H groups in total. The standard InChI is InChI=1S/C15H19IO4/c1-2-3-10-19-14(17)5-4-11-20-15(18)12-6-8-13(16)9-7-12/h6-9H,2-5,10-11H2,1H3. The third kappa shape index (κ3) is 6.88. The van der Waals surface area contributed by atoms with Crippen molar-refractivity contribution in [3.8, 4) is 0 Å². The molecule has 0 aliphatic carbocycles. The highest BCUT2D eigenvalue weighted by molar-refractivity contribution is 14.1. The quantitative estimate of drug-likeness (QED) is 0.387. The maximum Gasteiger partial charge on any atom is 0.338 e. The van der Waals surface area contributed by atoms with Gasteiger partial charge in [-0.25, -0.2) is 4.79 Å². The SMILES string of the molecule is CCCCOC(=O)CCCOC(=O)c1ccc(I)cc1. The van der Waals surface area contributed by atoms with E-state index >= 15 is 0 Å². The van der Waals surface area contributed by atoms with Gasteiger partial charge in [-0.2, -0.15) is 0 Å². The summed E-state index contributed by atoms with van der Waals surface area (Å²) in [7, 11) is 0. The Kier molecular flexibility index (Phi) is 8.25. The first-order chi connectivity index (χ1) is 9.63. The van der Waals surface area contributed by atoms with E-state index in [9.17, 15) is 9.59 Å². The minimum atomic E-state index is -0.360. The molecule has 5 heteroatoms. The molecule has 0 fully saturated rings. The van der Waals surface area contributed by atoms with E-state index in [1.807, 2.05) is 19.1 Å². The van der Waals surface area contributed by atoms with Gasteiger partial charge in [0.1, 0.15) is 0 Å². The molecule has 0 saturated heterocycles. The fourth-order valence-corrected chi connectivity index (χ4v) is 1.81. The van der Waals surface area contributed by atoms with E-state index in [0.29, 0.717) is 18.6 Å². The van der Waals surface area contributed by atoms with Gasteiger partial charge < -0.3 is 9.47 Å².